The van der Waals surface area contributed by atoms with Crippen molar-refractivity contribution in [3.63, 3.8) is 0 Å². The molecule has 96 valence electrons. The molecule has 16 heavy (non-hydrogen) atoms. The molecule has 0 spiro atoms. The van der Waals surface area contributed by atoms with Crippen LogP contribution in [0, 0.1) is 5.92 Å². The lowest BCUT2D eigenvalue weighted by Crippen LogP contribution is -2.43. The summed E-state index contributed by atoms with van der Waals surface area (Å²) >= 11 is 0. The summed E-state index contributed by atoms with van der Waals surface area (Å²) in [7, 11) is -3.17. The van der Waals surface area contributed by atoms with Crippen molar-refractivity contribution in [2.45, 2.75) is 45.6 Å². The fourth-order valence-electron chi connectivity index (χ4n) is 2.02. The Morgan fingerprint density at radius 2 is 1.88 bits per heavy atom. The van der Waals surface area contributed by atoms with Crippen molar-refractivity contribution in [2.75, 3.05) is 18.9 Å². The maximum absolute atomic E-state index is 12.1. The highest BCUT2D eigenvalue weighted by molar-refractivity contribution is 7.89. The summed E-state index contributed by atoms with van der Waals surface area (Å²) in [6.45, 7) is 4.12. The maximum atomic E-state index is 12.1. The molecule has 4 nitrogen and oxygen atoms in total. The van der Waals surface area contributed by atoms with Crippen LogP contribution in [0.25, 0.3) is 0 Å². The van der Waals surface area contributed by atoms with Gasteiger partial charge in [-0.05, 0) is 31.6 Å². The van der Waals surface area contributed by atoms with Crippen LogP contribution < -0.4 is 0 Å². The number of rotatable bonds is 8. The van der Waals surface area contributed by atoms with E-state index in [0.717, 1.165) is 25.7 Å². The summed E-state index contributed by atoms with van der Waals surface area (Å²) < 4.78 is 25.8. The van der Waals surface area contributed by atoms with Gasteiger partial charge in [0.1, 0.15) is 0 Å². The fraction of sp³-hybridized carbons (Fsp3) is 1.00. The van der Waals surface area contributed by atoms with E-state index in [4.69, 9.17) is 5.11 Å². The van der Waals surface area contributed by atoms with Crippen LogP contribution in [0.2, 0.25) is 0 Å². The predicted octanol–water partition coefficient (Wildman–Crippen LogP) is 1.21. The Bertz CT molecular complexity index is 294. The Labute approximate surface area is 98.7 Å². The standard InChI is InChI=1S/C11H23NO3S/c1-3-11(4-2)12(7-8-13)16(14,15)9-10-5-6-10/h10-11,13H,3-9H2,1-2H3. The van der Waals surface area contributed by atoms with Gasteiger partial charge in [-0.1, -0.05) is 13.8 Å². The van der Waals surface area contributed by atoms with E-state index >= 15 is 0 Å². The molecule has 0 bridgehead atoms. The van der Waals surface area contributed by atoms with Crippen molar-refractivity contribution in [1.82, 2.24) is 4.31 Å². The van der Waals surface area contributed by atoms with Gasteiger partial charge in [0.05, 0.1) is 12.4 Å². The first-order chi connectivity index (χ1) is 7.55. The summed E-state index contributed by atoms with van der Waals surface area (Å²) in [5.41, 5.74) is 0. The van der Waals surface area contributed by atoms with E-state index < -0.39 is 10.0 Å². The Morgan fingerprint density at radius 1 is 1.31 bits per heavy atom. The minimum Gasteiger partial charge on any atom is -0.395 e. The fourth-order valence-corrected chi connectivity index (χ4v) is 4.25. The monoisotopic (exact) mass is 249 g/mol. The molecule has 0 saturated heterocycles. The smallest absolute Gasteiger partial charge is 0.214 e. The molecule has 0 amide bonds. The van der Waals surface area contributed by atoms with Crippen molar-refractivity contribution in [2.24, 2.45) is 5.92 Å². The van der Waals surface area contributed by atoms with Gasteiger partial charge in [-0.3, -0.25) is 0 Å². The minimum absolute atomic E-state index is 0.0379. The minimum atomic E-state index is -3.17. The molecule has 1 aliphatic rings. The molecule has 1 N–H and O–H groups in total. The summed E-state index contributed by atoms with van der Waals surface area (Å²) in [5, 5.41) is 8.98. The molecule has 0 aromatic carbocycles. The lowest BCUT2D eigenvalue weighted by molar-refractivity contribution is 0.219. The third kappa shape index (κ3) is 3.71. The van der Waals surface area contributed by atoms with Crippen LogP contribution in [0.1, 0.15) is 39.5 Å². The Morgan fingerprint density at radius 3 is 2.25 bits per heavy atom. The number of sulfonamides is 1. The van der Waals surface area contributed by atoms with Gasteiger partial charge in [-0.15, -0.1) is 0 Å². The molecule has 5 heteroatoms. The zero-order chi connectivity index (χ0) is 12.2. The summed E-state index contributed by atoms with van der Waals surface area (Å²) in [4.78, 5) is 0. The van der Waals surface area contributed by atoms with E-state index in [-0.39, 0.29) is 24.9 Å². The SMILES string of the molecule is CCC(CC)N(CCO)S(=O)(=O)CC1CC1. The average molecular weight is 249 g/mol. The summed E-state index contributed by atoms with van der Waals surface area (Å²) in [6.07, 6.45) is 3.69. The van der Waals surface area contributed by atoms with Crippen molar-refractivity contribution in [3.8, 4) is 0 Å². The van der Waals surface area contributed by atoms with Crippen molar-refractivity contribution >= 4 is 10.0 Å². The number of hydrogen-bond donors (Lipinski definition) is 1. The second-order valence-electron chi connectivity index (χ2n) is 4.53. The molecule has 0 heterocycles. The van der Waals surface area contributed by atoms with Crippen LogP contribution in [0.4, 0.5) is 0 Å². The molecule has 1 saturated carbocycles. The molecule has 0 aromatic heterocycles. The molecule has 1 fully saturated rings. The summed E-state index contributed by atoms with van der Waals surface area (Å²) in [5.74, 6) is 0.629. The summed E-state index contributed by atoms with van der Waals surface area (Å²) in [6, 6.07) is 0.0379. The number of aliphatic hydroxyl groups is 1. The van der Waals surface area contributed by atoms with Crippen LogP contribution in [0.3, 0.4) is 0 Å². The van der Waals surface area contributed by atoms with E-state index in [1.165, 1.54) is 4.31 Å². The molecule has 1 aliphatic carbocycles. The molecule has 0 aromatic rings. The Balaban J connectivity index is 2.72. The van der Waals surface area contributed by atoms with Gasteiger partial charge in [-0.2, -0.15) is 4.31 Å². The van der Waals surface area contributed by atoms with Gasteiger partial charge in [0.15, 0.2) is 0 Å². The highest BCUT2D eigenvalue weighted by atomic mass is 32.2. The first-order valence-corrected chi connectivity index (χ1v) is 7.76. The number of nitrogens with zero attached hydrogens (tertiary/aromatic N) is 1. The first kappa shape index (κ1) is 13.9. The highest BCUT2D eigenvalue weighted by Gasteiger charge is 2.34. The predicted molar refractivity (Wildman–Crippen MR) is 64.7 cm³/mol. The molecular weight excluding hydrogens is 226 g/mol. The second-order valence-corrected chi connectivity index (χ2v) is 6.49. The van der Waals surface area contributed by atoms with Crippen LogP contribution in [-0.2, 0) is 10.0 Å². The highest BCUT2D eigenvalue weighted by Crippen LogP contribution is 2.31. The third-order valence-electron chi connectivity index (χ3n) is 3.17. The van der Waals surface area contributed by atoms with Gasteiger partial charge < -0.3 is 5.11 Å². The molecule has 0 atom stereocenters. The van der Waals surface area contributed by atoms with E-state index in [1.54, 1.807) is 0 Å². The number of aliphatic hydroxyl groups excluding tert-OH is 1. The van der Waals surface area contributed by atoms with Crippen molar-refractivity contribution < 1.29 is 13.5 Å². The molecule has 0 aliphatic heterocycles. The van der Waals surface area contributed by atoms with Crippen molar-refractivity contribution in [3.05, 3.63) is 0 Å². The van der Waals surface area contributed by atoms with E-state index in [1.807, 2.05) is 13.8 Å². The Hall–Kier alpha value is -0.130. The van der Waals surface area contributed by atoms with E-state index in [0.29, 0.717) is 5.92 Å². The Kier molecular flexibility index (Phi) is 5.21. The van der Waals surface area contributed by atoms with E-state index in [9.17, 15) is 8.42 Å². The first-order valence-electron chi connectivity index (χ1n) is 6.15. The molecule has 0 unspecified atom stereocenters. The van der Waals surface area contributed by atoms with Crippen LogP contribution in [0.5, 0.6) is 0 Å². The average Bonchev–Trinajstić information content (AvgIpc) is 3.01. The van der Waals surface area contributed by atoms with Crippen LogP contribution in [0.15, 0.2) is 0 Å². The van der Waals surface area contributed by atoms with Gasteiger partial charge >= 0.3 is 0 Å². The zero-order valence-electron chi connectivity index (χ0n) is 10.2. The largest absolute Gasteiger partial charge is 0.395 e. The van der Waals surface area contributed by atoms with E-state index in [2.05, 4.69) is 0 Å². The third-order valence-corrected chi connectivity index (χ3v) is 5.26. The van der Waals surface area contributed by atoms with Gasteiger partial charge in [0.2, 0.25) is 10.0 Å². The van der Waals surface area contributed by atoms with Gasteiger partial charge in [-0.25, -0.2) is 8.42 Å². The van der Waals surface area contributed by atoms with Gasteiger partial charge in [0, 0.05) is 12.6 Å². The number of hydrogen-bond acceptors (Lipinski definition) is 3. The topological polar surface area (TPSA) is 57.6 Å². The molecule has 0 radical (unpaired) electrons. The maximum Gasteiger partial charge on any atom is 0.214 e. The zero-order valence-corrected chi connectivity index (χ0v) is 11.0. The van der Waals surface area contributed by atoms with Crippen molar-refractivity contribution in [1.29, 1.82) is 0 Å². The lowest BCUT2D eigenvalue weighted by Gasteiger charge is -2.29. The second kappa shape index (κ2) is 5.98. The van der Waals surface area contributed by atoms with Gasteiger partial charge in [0.25, 0.3) is 0 Å². The van der Waals surface area contributed by atoms with Crippen LogP contribution in [-0.4, -0.2) is 42.8 Å². The normalized spacial score (nSPS) is 17.3. The lowest BCUT2D eigenvalue weighted by atomic mass is 10.2. The molecular formula is C11H23NO3S. The van der Waals surface area contributed by atoms with Crippen LogP contribution >= 0.6 is 0 Å². The quantitative estimate of drug-likeness (QED) is 0.703. The molecule has 1 rings (SSSR count).